The lowest BCUT2D eigenvalue weighted by molar-refractivity contribution is -0.172. The average molecular weight is 847 g/mol. The largest absolute Gasteiger partial charge is 0.460 e. The third-order valence-electron chi connectivity index (χ3n) is 12.6. The topological polar surface area (TPSA) is 153 Å². The minimum Gasteiger partial charge on any atom is -0.460 e. The highest BCUT2D eigenvalue weighted by Gasteiger charge is 2.55. The zero-order valence-electron chi connectivity index (χ0n) is 36.0. The molecule has 3 aromatic carbocycles. The number of hydrogen-bond donors (Lipinski definition) is 2. The number of carbonyl (C=O) groups is 4. The molecule has 1 spiro atoms. The molecule has 2 N–H and O–H groups in total. The van der Waals surface area contributed by atoms with Crippen molar-refractivity contribution in [3.8, 4) is 0 Å². The standard InChI is InChI=1S/C50H58N2O10/c1-49(2,3)61-44(54)23-21-37(30-53)51-46(55)39(24-31-12-6-5-7-13-31)52(4)47(56)36-26-42(45-43(27-36)60-50(62-45)28-34-15-8-9-16-35(34)29-50)59-48(57)38-17-11-10-14-33(38)20-18-32-19-22-40-41(25-32)58-40/h5-18,20,27,32,37,39-43,45,53H,19,21-26,28-30H2,1-4H3,(H,51,55). The van der Waals surface area contributed by atoms with Crippen molar-refractivity contribution < 1.29 is 48.0 Å². The Bertz CT molecular complexity index is 2170. The maximum Gasteiger partial charge on any atom is 0.339 e. The molecule has 0 bridgehead atoms. The minimum atomic E-state index is -1.00. The van der Waals surface area contributed by atoms with Crippen molar-refractivity contribution in [2.45, 2.75) is 133 Å². The lowest BCUT2D eigenvalue weighted by Crippen LogP contribution is -2.53. The molecule has 12 heteroatoms. The second-order valence-corrected chi connectivity index (χ2v) is 18.4. The number of allylic oxidation sites excluding steroid dienone is 1. The molecule has 2 heterocycles. The number of nitrogens with zero attached hydrogens (tertiary/aromatic N) is 1. The number of ether oxygens (including phenoxy) is 5. The fraction of sp³-hybridized carbons (Fsp3) is 0.480. The number of aliphatic hydroxyl groups excluding tert-OH is 1. The number of nitrogens with one attached hydrogen (secondary N) is 1. The second kappa shape index (κ2) is 18.3. The van der Waals surface area contributed by atoms with Gasteiger partial charge in [-0.3, -0.25) is 14.4 Å². The number of rotatable bonds is 14. The predicted octanol–water partition coefficient (Wildman–Crippen LogP) is 6.07. The van der Waals surface area contributed by atoms with Crippen molar-refractivity contribution in [1.82, 2.24) is 10.2 Å². The molecule has 8 unspecified atom stereocenters. The first-order valence-corrected chi connectivity index (χ1v) is 22.0. The Kier molecular flexibility index (Phi) is 12.8. The van der Waals surface area contributed by atoms with E-state index in [0.717, 1.165) is 41.5 Å². The smallest absolute Gasteiger partial charge is 0.339 e. The SMILES string of the molecule is CN(C(=O)C1=CC2OC3(Cc4ccccc4C3)OC2C(OC(=O)c2ccccc2C=CC2CCC3OC3C2)C1)C(Cc1ccccc1)C(=O)NC(CO)CCC(=O)OC(C)(C)C. The van der Waals surface area contributed by atoms with Gasteiger partial charge in [-0.2, -0.15) is 0 Å². The van der Waals surface area contributed by atoms with Crippen LogP contribution < -0.4 is 5.32 Å². The first kappa shape index (κ1) is 43.5. The van der Waals surface area contributed by atoms with Gasteiger partial charge in [0, 0.05) is 44.7 Å². The molecule has 1 saturated carbocycles. The van der Waals surface area contributed by atoms with Gasteiger partial charge in [-0.25, -0.2) is 4.79 Å². The van der Waals surface area contributed by atoms with E-state index in [1.165, 1.54) is 4.90 Å². The Hall–Kier alpha value is -5.14. The molecule has 0 radical (unpaired) electrons. The van der Waals surface area contributed by atoms with E-state index < -0.39 is 72.1 Å². The zero-order chi connectivity index (χ0) is 43.6. The summed E-state index contributed by atoms with van der Waals surface area (Å²) in [6.45, 7) is 4.91. The number of benzene rings is 3. The number of likely N-dealkylation sites (N-methyl/N-ethyl adjacent to an activating group) is 1. The van der Waals surface area contributed by atoms with Crippen molar-refractivity contribution in [2.24, 2.45) is 5.92 Å². The zero-order valence-corrected chi connectivity index (χ0v) is 36.0. The molecular weight excluding hydrogens is 789 g/mol. The molecule has 2 amide bonds. The van der Waals surface area contributed by atoms with Gasteiger partial charge in [0.15, 0.2) is 5.79 Å². The molecule has 5 aliphatic rings. The van der Waals surface area contributed by atoms with Crippen LogP contribution in [0.4, 0.5) is 0 Å². The Morgan fingerprint density at radius 1 is 0.935 bits per heavy atom. The molecule has 3 aliphatic carbocycles. The summed E-state index contributed by atoms with van der Waals surface area (Å²) < 4.78 is 31.1. The summed E-state index contributed by atoms with van der Waals surface area (Å²) in [6, 6.07) is 23.0. The van der Waals surface area contributed by atoms with E-state index in [2.05, 4.69) is 23.5 Å². The van der Waals surface area contributed by atoms with Crippen molar-refractivity contribution in [3.63, 3.8) is 0 Å². The number of carbonyl (C=O) groups excluding carboxylic acids is 4. The molecule has 2 aliphatic heterocycles. The van der Waals surface area contributed by atoms with E-state index >= 15 is 0 Å². The average Bonchev–Trinajstić information content (AvgIpc) is 3.81. The van der Waals surface area contributed by atoms with Crippen molar-refractivity contribution in [2.75, 3.05) is 13.7 Å². The van der Waals surface area contributed by atoms with Gasteiger partial charge in [0.2, 0.25) is 11.8 Å². The summed E-state index contributed by atoms with van der Waals surface area (Å²) in [5, 5.41) is 13.1. The van der Waals surface area contributed by atoms with Gasteiger partial charge >= 0.3 is 11.9 Å². The number of epoxide rings is 1. The van der Waals surface area contributed by atoms with E-state index in [0.29, 0.717) is 42.1 Å². The summed E-state index contributed by atoms with van der Waals surface area (Å²) in [6.07, 6.45) is 8.78. The molecular formula is C50H58N2O10. The van der Waals surface area contributed by atoms with Crippen LogP contribution in [-0.2, 0) is 57.3 Å². The number of amides is 2. The van der Waals surface area contributed by atoms with Crippen LogP contribution >= 0.6 is 0 Å². The molecule has 62 heavy (non-hydrogen) atoms. The van der Waals surface area contributed by atoms with Crippen molar-refractivity contribution in [1.29, 1.82) is 0 Å². The molecule has 2 saturated heterocycles. The third-order valence-corrected chi connectivity index (χ3v) is 12.6. The quantitative estimate of drug-likeness (QED) is 0.145. The van der Waals surface area contributed by atoms with E-state index in [1.807, 2.05) is 60.7 Å². The first-order chi connectivity index (χ1) is 29.8. The van der Waals surface area contributed by atoms with Crippen molar-refractivity contribution in [3.05, 3.63) is 124 Å². The van der Waals surface area contributed by atoms with Gasteiger partial charge < -0.3 is 39.0 Å². The maximum absolute atomic E-state index is 14.7. The van der Waals surface area contributed by atoms with E-state index in [1.54, 1.807) is 46.0 Å². The minimum absolute atomic E-state index is 0.0113. The summed E-state index contributed by atoms with van der Waals surface area (Å²) >= 11 is 0. The van der Waals surface area contributed by atoms with E-state index in [-0.39, 0.29) is 25.7 Å². The highest BCUT2D eigenvalue weighted by molar-refractivity contribution is 5.98. The van der Waals surface area contributed by atoms with E-state index in [9.17, 15) is 24.3 Å². The van der Waals surface area contributed by atoms with Crippen LogP contribution in [0.25, 0.3) is 6.08 Å². The van der Waals surface area contributed by atoms with Crippen LogP contribution in [0, 0.1) is 5.92 Å². The molecule has 0 aromatic heterocycles. The Labute approximate surface area is 363 Å². The highest BCUT2D eigenvalue weighted by atomic mass is 16.8. The Morgan fingerprint density at radius 3 is 2.35 bits per heavy atom. The van der Waals surface area contributed by atoms with Crippen LogP contribution in [0.2, 0.25) is 0 Å². The maximum atomic E-state index is 14.7. The van der Waals surface area contributed by atoms with Gasteiger partial charge in [-0.1, -0.05) is 84.9 Å². The van der Waals surface area contributed by atoms with Crippen LogP contribution in [0.5, 0.6) is 0 Å². The normalized spacial score (nSPS) is 25.5. The molecule has 328 valence electrons. The van der Waals surface area contributed by atoms with E-state index in [4.69, 9.17) is 23.7 Å². The number of hydrogen-bond acceptors (Lipinski definition) is 10. The fourth-order valence-electron chi connectivity index (χ4n) is 9.33. The van der Waals surface area contributed by atoms with Gasteiger partial charge in [-0.05, 0) is 86.8 Å². The second-order valence-electron chi connectivity index (χ2n) is 18.4. The highest BCUT2D eigenvalue weighted by Crippen LogP contribution is 2.45. The Balaban J connectivity index is 1.03. The molecule has 3 aromatic rings. The monoisotopic (exact) mass is 846 g/mol. The van der Waals surface area contributed by atoms with Gasteiger partial charge in [0.05, 0.1) is 30.4 Å². The summed E-state index contributed by atoms with van der Waals surface area (Å²) in [5.74, 6) is -2.53. The van der Waals surface area contributed by atoms with Crippen LogP contribution in [0.3, 0.4) is 0 Å². The summed E-state index contributed by atoms with van der Waals surface area (Å²) in [5.41, 5.74) is 3.85. The lowest BCUT2D eigenvalue weighted by Gasteiger charge is -2.34. The lowest BCUT2D eigenvalue weighted by atomic mass is 9.88. The van der Waals surface area contributed by atoms with Gasteiger partial charge in [0.1, 0.15) is 30.0 Å². The van der Waals surface area contributed by atoms with Crippen molar-refractivity contribution >= 4 is 29.8 Å². The summed E-state index contributed by atoms with van der Waals surface area (Å²) in [7, 11) is 1.57. The molecule has 12 nitrogen and oxygen atoms in total. The molecule has 8 rings (SSSR count). The number of fused-ring (bicyclic) bond motifs is 3. The number of esters is 2. The summed E-state index contributed by atoms with van der Waals surface area (Å²) in [4.78, 5) is 57.0. The molecule has 8 atom stereocenters. The van der Waals surface area contributed by atoms with Gasteiger partial charge in [-0.15, -0.1) is 0 Å². The first-order valence-electron chi connectivity index (χ1n) is 22.0. The fourth-order valence-corrected chi connectivity index (χ4v) is 9.33. The Morgan fingerprint density at radius 2 is 1.65 bits per heavy atom. The molecule has 3 fully saturated rings. The predicted molar refractivity (Wildman–Crippen MR) is 231 cm³/mol. The van der Waals surface area contributed by atoms with Crippen LogP contribution in [0.1, 0.15) is 91.9 Å². The van der Waals surface area contributed by atoms with Crippen LogP contribution in [-0.4, -0.2) is 101 Å². The van der Waals surface area contributed by atoms with Crippen LogP contribution in [0.15, 0.2) is 96.6 Å². The van der Waals surface area contributed by atoms with Gasteiger partial charge in [0.25, 0.3) is 0 Å². The third kappa shape index (κ3) is 10.2. The number of aliphatic hydroxyl groups is 1.